The first kappa shape index (κ1) is 21.9. The average molecular weight is 458 g/mol. The van der Waals surface area contributed by atoms with Crippen LogP contribution in [0.5, 0.6) is 5.75 Å². The molecule has 0 radical (unpaired) electrons. The highest BCUT2D eigenvalue weighted by atomic mass is 35.5. The van der Waals surface area contributed by atoms with E-state index in [-0.39, 0.29) is 5.91 Å². The molecule has 1 aliphatic heterocycles. The summed E-state index contributed by atoms with van der Waals surface area (Å²) in [6.45, 7) is 7.78. The summed E-state index contributed by atoms with van der Waals surface area (Å²) in [5, 5.41) is 1.72. The van der Waals surface area contributed by atoms with Crippen LogP contribution in [0.15, 0.2) is 36.4 Å². The fraction of sp³-hybridized carbons (Fsp3) is 0.417. The van der Waals surface area contributed by atoms with Gasteiger partial charge in [0.05, 0.1) is 21.8 Å². The molecule has 1 amide bonds. The number of hydrogen-bond acceptors (Lipinski definition) is 5. The molecule has 4 rings (SSSR count). The van der Waals surface area contributed by atoms with Gasteiger partial charge >= 0.3 is 0 Å². The molecule has 0 unspecified atom stereocenters. The lowest BCUT2D eigenvalue weighted by Gasteiger charge is -2.34. The van der Waals surface area contributed by atoms with Gasteiger partial charge in [-0.3, -0.25) is 4.79 Å². The van der Waals surface area contributed by atoms with Crippen LogP contribution in [0.25, 0.3) is 10.2 Å². The van der Waals surface area contributed by atoms with E-state index >= 15 is 0 Å². The highest BCUT2D eigenvalue weighted by Crippen LogP contribution is 2.35. The third-order valence-electron chi connectivity index (χ3n) is 5.62. The number of ether oxygens (including phenoxy) is 1. The van der Waals surface area contributed by atoms with E-state index < -0.39 is 0 Å². The zero-order chi connectivity index (χ0) is 21.8. The fourth-order valence-electron chi connectivity index (χ4n) is 3.77. The minimum Gasteiger partial charge on any atom is -0.494 e. The second-order valence-electron chi connectivity index (χ2n) is 7.90. The third kappa shape index (κ3) is 4.96. The maximum Gasteiger partial charge on any atom is 0.254 e. The van der Waals surface area contributed by atoms with Gasteiger partial charge in [0, 0.05) is 31.7 Å². The Morgan fingerprint density at radius 2 is 1.97 bits per heavy atom. The van der Waals surface area contributed by atoms with Gasteiger partial charge < -0.3 is 14.5 Å². The molecule has 1 aromatic heterocycles. The summed E-state index contributed by atoms with van der Waals surface area (Å²) >= 11 is 7.99. The van der Waals surface area contributed by atoms with Crippen molar-refractivity contribution in [3.63, 3.8) is 0 Å². The molecule has 1 saturated heterocycles. The molecular formula is C24H28ClN3O2S. The number of unbranched alkanes of at least 4 members (excludes halogenated alkanes) is 2. The second kappa shape index (κ2) is 9.88. The topological polar surface area (TPSA) is 45.7 Å². The van der Waals surface area contributed by atoms with Gasteiger partial charge in [-0.25, -0.2) is 4.98 Å². The second-order valence-corrected chi connectivity index (χ2v) is 9.29. The lowest BCUT2D eigenvalue weighted by atomic mass is 10.1. The quantitative estimate of drug-likeness (QED) is 0.421. The van der Waals surface area contributed by atoms with Crippen LogP contribution in [0.4, 0.5) is 5.13 Å². The number of amides is 1. The largest absolute Gasteiger partial charge is 0.494 e. The highest BCUT2D eigenvalue weighted by Gasteiger charge is 2.24. The zero-order valence-electron chi connectivity index (χ0n) is 18.1. The van der Waals surface area contributed by atoms with Crippen LogP contribution in [0, 0.1) is 6.92 Å². The van der Waals surface area contributed by atoms with Gasteiger partial charge in [-0.1, -0.05) is 54.8 Å². The number of aryl methyl sites for hydroxylation is 1. The van der Waals surface area contributed by atoms with Crippen molar-refractivity contribution in [2.75, 3.05) is 37.7 Å². The lowest BCUT2D eigenvalue weighted by Crippen LogP contribution is -2.48. The Morgan fingerprint density at radius 1 is 1.16 bits per heavy atom. The number of rotatable bonds is 7. The lowest BCUT2D eigenvalue weighted by molar-refractivity contribution is 0.0746. The van der Waals surface area contributed by atoms with E-state index in [0.717, 1.165) is 64.0 Å². The number of piperazine rings is 1. The number of thiazole rings is 1. The van der Waals surface area contributed by atoms with E-state index in [1.54, 1.807) is 11.3 Å². The number of hydrogen-bond donors (Lipinski definition) is 0. The molecule has 5 nitrogen and oxygen atoms in total. The molecule has 1 fully saturated rings. The average Bonchev–Trinajstić information content (AvgIpc) is 3.26. The van der Waals surface area contributed by atoms with Crippen molar-refractivity contribution < 1.29 is 9.53 Å². The minimum atomic E-state index is 0.0573. The number of aromatic nitrogens is 1. The van der Waals surface area contributed by atoms with Crippen molar-refractivity contribution in [2.24, 2.45) is 0 Å². The highest BCUT2D eigenvalue weighted by molar-refractivity contribution is 7.22. The van der Waals surface area contributed by atoms with Crippen molar-refractivity contribution in [2.45, 2.75) is 33.1 Å². The Morgan fingerprint density at radius 3 is 2.71 bits per heavy atom. The number of halogens is 1. The molecule has 2 aromatic carbocycles. The molecule has 31 heavy (non-hydrogen) atoms. The van der Waals surface area contributed by atoms with Crippen molar-refractivity contribution in [1.82, 2.24) is 9.88 Å². The monoisotopic (exact) mass is 457 g/mol. The number of carbonyl (C=O) groups excluding carboxylic acids is 1. The Bertz CT molecular complexity index is 1020. The third-order valence-corrected chi connectivity index (χ3v) is 7.20. The Labute approximate surface area is 192 Å². The fourth-order valence-corrected chi connectivity index (χ4v) is 5.14. The van der Waals surface area contributed by atoms with Crippen LogP contribution in [-0.2, 0) is 0 Å². The normalized spacial score (nSPS) is 14.3. The Hall–Kier alpha value is -2.31. The van der Waals surface area contributed by atoms with E-state index in [9.17, 15) is 4.79 Å². The summed E-state index contributed by atoms with van der Waals surface area (Å²) in [5.41, 5.74) is 2.79. The van der Waals surface area contributed by atoms with Crippen molar-refractivity contribution in [3.8, 4) is 5.75 Å². The van der Waals surface area contributed by atoms with E-state index in [0.29, 0.717) is 25.3 Å². The molecule has 3 aromatic rings. The zero-order valence-corrected chi connectivity index (χ0v) is 19.6. The van der Waals surface area contributed by atoms with Crippen LogP contribution >= 0.6 is 22.9 Å². The van der Waals surface area contributed by atoms with E-state index in [2.05, 4.69) is 18.7 Å². The summed E-state index contributed by atoms with van der Waals surface area (Å²) in [6, 6.07) is 11.5. The maximum atomic E-state index is 13.0. The molecule has 0 spiro atoms. The Balaban J connectivity index is 1.38. The van der Waals surface area contributed by atoms with Gasteiger partial charge in [0.1, 0.15) is 5.75 Å². The van der Waals surface area contributed by atoms with Gasteiger partial charge in [0.2, 0.25) is 0 Å². The predicted molar refractivity (Wildman–Crippen MR) is 129 cm³/mol. The summed E-state index contributed by atoms with van der Waals surface area (Å²) in [6.07, 6.45) is 3.36. The van der Waals surface area contributed by atoms with Gasteiger partial charge in [0.15, 0.2) is 5.13 Å². The van der Waals surface area contributed by atoms with Crippen molar-refractivity contribution in [1.29, 1.82) is 0 Å². The van der Waals surface area contributed by atoms with Gasteiger partial charge in [-0.15, -0.1) is 0 Å². The molecular weight excluding hydrogens is 430 g/mol. The smallest absolute Gasteiger partial charge is 0.254 e. The van der Waals surface area contributed by atoms with E-state index in [1.807, 2.05) is 41.3 Å². The van der Waals surface area contributed by atoms with Crippen LogP contribution in [0.2, 0.25) is 5.02 Å². The molecule has 0 N–H and O–H groups in total. The SMILES string of the molecule is CCCCCOc1cccc(C(=O)N2CCN(c3nc4c(C)ccc(Cl)c4s3)CC2)c1. The number of benzene rings is 2. The summed E-state index contributed by atoms with van der Waals surface area (Å²) in [7, 11) is 0. The van der Waals surface area contributed by atoms with Crippen molar-refractivity contribution >= 4 is 44.2 Å². The van der Waals surface area contributed by atoms with Gasteiger partial charge in [-0.05, 0) is 43.2 Å². The molecule has 0 atom stereocenters. The van der Waals surface area contributed by atoms with Gasteiger partial charge in [0.25, 0.3) is 5.91 Å². The van der Waals surface area contributed by atoms with Crippen LogP contribution in [-0.4, -0.2) is 48.6 Å². The molecule has 0 aliphatic carbocycles. The summed E-state index contributed by atoms with van der Waals surface area (Å²) < 4.78 is 6.85. The van der Waals surface area contributed by atoms with Crippen LogP contribution < -0.4 is 9.64 Å². The Kier molecular flexibility index (Phi) is 6.98. The van der Waals surface area contributed by atoms with Crippen molar-refractivity contribution in [3.05, 3.63) is 52.5 Å². The maximum absolute atomic E-state index is 13.0. The molecule has 7 heteroatoms. The molecule has 164 valence electrons. The summed E-state index contributed by atoms with van der Waals surface area (Å²) in [5.74, 6) is 0.823. The minimum absolute atomic E-state index is 0.0573. The van der Waals surface area contributed by atoms with Crippen LogP contribution in [0.1, 0.15) is 42.1 Å². The van der Waals surface area contributed by atoms with E-state index in [4.69, 9.17) is 21.3 Å². The van der Waals surface area contributed by atoms with Crippen LogP contribution in [0.3, 0.4) is 0 Å². The number of fused-ring (bicyclic) bond motifs is 1. The van der Waals surface area contributed by atoms with Gasteiger partial charge in [-0.2, -0.15) is 0 Å². The summed E-state index contributed by atoms with van der Waals surface area (Å²) in [4.78, 5) is 22.0. The molecule has 1 aliphatic rings. The first-order valence-corrected chi connectivity index (χ1v) is 12.1. The first-order valence-electron chi connectivity index (χ1n) is 10.9. The number of anilines is 1. The number of carbonyl (C=O) groups is 1. The number of nitrogens with zero attached hydrogens (tertiary/aromatic N) is 3. The molecule has 2 heterocycles. The standard InChI is InChI=1S/C24H28ClN3O2S/c1-3-4-5-15-30-19-8-6-7-18(16-19)23(29)27-11-13-28(14-12-27)24-26-21-17(2)9-10-20(25)22(21)31-24/h6-10,16H,3-5,11-15H2,1-2H3. The molecule has 0 bridgehead atoms. The first-order chi connectivity index (χ1) is 15.1. The predicted octanol–water partition coefficient (Wildman–Crippen LogP) is 5.79. The molecule has 0 saturated carbocycles. The van der Waals surface area contributed by atoms with E-state index in [1.165, 1.54) is 0 Å².